The Balaban J connectivity index is 2.77. The first-order valence-corrected chi connectivity index (χ1v) is 3.55. The molecule has 0 amide bonds. The molecule has 3 nitrogen and oxygen atoms in total. The van der Waals surface area contributed by atoms with Crippen molar-refractivity contribution in [2.24, 2.45) is 0 Å². The standard InChI is InChI=1S/C9H6FNO2/c10-9-6-2-1-4-8(9)5-3-7-11(12)13/h1-2,4,6H,7H2. The monoisotopic (exact) mass is 179 g/mol. The highest BCUT2D eigenvalue weighted by molar-refractivity contribution is 5.35. The number of nitrogens with zero attached hydrogens (tertiary/aromatic N) is 1. The first kappa shape index (κ1) is 9.20. The number of halogens is 1. The molecular formula is C9H6FNO2. The molecule has 0 atom stereocenters. The number of hydrogen-bond donors (Lipinski definition) is 0. The van der Waals surface area contributed by atoms with E-state index in [4.69, 9.17) is 0 Å². The number of nitro groups is 1. The highest BCUT2D eigenvalue weighted by Gasteiger charge is 1.95. The quantitative estimate of drug-likeness (QED) is 0.372. The van der Waals surface area contributed by atoms with Crippen molar-refractivity contribution < 1.29 is 9.31 Å². The molecule has 0 fully saturated rings. The van der Waals surface area contributed by atoms with Crippen molar-refractivity contribution in [2.45, 2.75) is 0 Å². The van der Waals surface area contributed by atoms with E-state index in [1.165, 1.54) is 18.2 Å². The first-order valence-electron chi connectivity index (χ1n) is 3.55. The van der Waals surface area contributed by atoms with Gasteiger partial charge in [0.1, 0.15) is 5.82 Å². The molecule has 0 saturated carbocycles. The van der Waals surface area contributed by atoms with E-state index in [1.54, 1.807) is 6.07 Å². The molecule has 1 aromatic rings. The summed E-state index contributed by atoms with van der Waals surface area (Å²) >= 11 is 0. The number of benzene rings is 1. The largest absolute Gasteiger partial charge is 0.264 e. The molecule has 0 bridgehead atoms. The van der Waals surface area contributed by atoms with Gasteiger partial charge in [0.15, 0.2) is 0 Å². The third-order valence-electron chi connectivity index (χ3n) is 1.31. The van der Waals surface area contributed by atoms with Crippen LogP contribution in [0.1, 0.15) is 5.56 Å². The lowest BCUT2D eigenvalue weighted by atomic mass is 10.2. The van der Waals surface area contributed by atoms with Crippen LogP contribution in [0, 0.1) is 27.8 Å². The van der Waals surface area contributed by atoms with E-state index in [1.807, 2.05) is 0 Å². The Morgan fingerprint density at radius 1 is 1.46 bits per heavy atom. The molecule has 66 valence electrons. The lowest BCUT2D eigenvalue weighted by Crippen LogP contribution is -1.96. The molecule has 0 aliphatic heterocycles. The summed E-state index contributed by atoms with van der Waals surface area (Å²) in [6.07, 6.45) is 0. The maximum atomic E-state index is 12.8. The van der Waals surface area contributed by atoms with Crippen LogP contribution < -0.4 is 0 Å². The van der Waals surface area contributed by atoms with Crippen LogP contribution in [0.4, 0.5) is 4.39 Å². The fourth-order valence-corrected chi connectivity index (χ4v) is 0.762. The molecule has 0 radical (unpaired) electrons. The summed E-state index contributed by atoms with van der Waals surface area (Å²) in [4.78, 5) is 9.32. The minimum absolute atomic E-state index is 0.185. The average molecular weight is 179 g/mol. The minimum Gasteiger partial charge on any atom is -0.264 e. The Hall–Kier alpha value is -1.89. The Morgan fingerprint density at radius 2 is 2.15 bits per heavy atom. The topological polar surface area (TPSA) is 43.1 Å². The zero-order chi connectivity index (χ0) is 9.68. The summed E-state index contributed by atoms with van der Waals surface area (Å²) in [6.45, 7) is -0.464. The second-order valence-electron chi connectivity index (χ2n) is 2.27. The van der Waals surface area contributed by atoms with Gasteiger partial charge in [-0.05, 0) is 18.1 Å². The molecule has 0 unspecified atom stereocenters. The molecule has 0 aliphatic rings. The first-order chi connectivity index (χ1) is 6.20. The Labute approximate surface area is 74.3 Å². The highest BCUT2D eigenvalue weighted by atomic mass is 19.1. The van der Waals surface area contributed by atoms with Gasteiger partial charge in [0.05, 0.1) is 5.56 Å². The van der Waals surface area contributed by atoms with Crippen LogP contribution in [-0.2, 0) is 0 Å². The van der Waals surface area contributed by atoms with E-state index in [0.29, 0.717) is 0 Å². The maximum absolute atomic E-state index is 12.8. The van der Waals surface area contributed by atoms with Gasteiger partial charge in [-0.25, -0.2) is 4.39 Å². The fraction of sp³-hybridized carbons (Fsp3) is 0.111. The van der Waals surface area contributed by atoms with Crippen LogP contribution in [0.25, 0.3) is 0 Å². The summed E-state index contributed by atoms with van der Waals surface area (Å²) in [7, 11) is 0. The van der Waals surface area contributed by atoms with Crippen molar-refractivity contribution in [1.29, 1.82) is 0 Å². The average Bonchev–Trinajstić information content (AvgIpc) is 2.08. The third-order valence-corrected chi connectivity index (χ3v) is 1.31. The van der Waals surface area contributed by atoms with Crippen molar-refractivity contribution >= 4 is 0 Å². The predicted molar refractivity (Wildman–Crippen MR) is 45.1 cm³/mol. The second-order valence-corrected chi connectivity index (χ2v) is 2.27. The number of hydrogen-bond acceptors (Lipinski definition) is 2. The molecule has 0 aliphatic carbocycles. The van der Waals surface area contributed by atoms with Crippen LogP contribution in [0.15, 0.2) is 24.3 Å². The van der Waals surface area contributed by atoms with Crippen molar-refractivity contribution in [1.82, 2.24) is 0 Å². The van der Waals surface area contributed by atoms with Gasteiger partial charge in [-0.15, -0.1) is 0 Å². The zero-order valence-electron chi connectivity index (χ0n) is 6.66. The van der Waals surface area contributed by atoms with E-state index in [9.17, 15) is 14.5 Å². The van der Waals surface area contributed by atoms with Gasteiger partial charge in [0.25, 0.3) is 6.54 Å². The molecule has 0 spiro atoms. The van der Waals surface area contributed by atoms with Gasteiger partial charge in [0, 0.05) is 4.92 Å². The molecule has 13 heavy (non-hydrogen) atoms. The third kappa shape index (κ3) is 2.91. The summed E-state index contributed by atoms with van der Waals surface area (Å²) in [5.41, 5.74) is 0.185. The van der Waals surface area contributed by atoms with Gasteiger partial charge in [0.2, 0.25) is 0 Å². The van der Waals surface area contributed by atoms with Gasteiger partial charge < -0.3 is 0 Å². The lowest BCUT2D eigenvalue weighted by Gasteiger charge is -1.90. The highest BCUT2D eigenvalue weighted by Crippen LogP contribution is 2.03. The molecule has 1 aromatic carbocycles. The Bertz CT molecular complexity index is 379. The van der Waals surface area contributed by atoms with Crippen LogP contribution >= 0.6 is 0 Å². The van der Waals surface area contributed by atoms with Crippen molar-refractivity contribution in [3.05, 3.63) is 45.8 Å². The molecule has 0 saturated heterocycles. The zero-order valence-corrected chi connectivity index (χ0v) is 6.66. The van der Waals surface area contributed by atoms with Gasteiger partial charge in [-0.1, -0.05) is 18.1 Å². The Kier molecular flexibility index (Phi) is 2.98. The van der Waals surface area contributed by atoms with E-state index in [0.717, 1.165) is 0 Å². The summed E-state index contributed by atoms with van der Waals surface area (Å²) in [6, 6.07) is 5.89. The van der Waals surface area contributed by atoms with E-state index in [2.05, 4.69) is 11.8 Å². The van der Waals surface area contributed by atoms with Crippen molar-refractivity contribution in [2.75, 3.05) is 6.54 Å². The minimum atomic E-state index is -0.562. The van der Waals surface area contributed by atoms with E-state index < -0.39 is 17.3 Å². The Morgan fingerprint density at radius 3 is 2.77 bits per heavy atom. The smallest absolute Gasteiger partial charge is 0.263 e. The lowest BCUT2D eigenvalue weighted by molar-refractivity contribution is -0.466. The van der Waals surface area contributed by atoms with Crippen molar-refractivity contribution in [3.8, 4) is 11.8 Å². The molecule has 0 aromatic heterocycles. The normalized spacial score (nSPS) is 8.69. The van der Waals surface area contributed by atoms with Gasteiger partial charge in [-0.3, -0.25) is 10.1 Å². The molecule has 0 heterocycles. The van der Waals surface area contributed by atoms with Crippen molar-refractivity contribution in [3.63, 3.8) is 0 Å². The number of rotatable bonds is 1. The molecule has 4 heteroatoms. The van der Waals surface area contributed by atoms with Crippen LogP contribution in [-0.4, -0.2) is 11.5 Å². The van der Waals surface area contributed by atoms with Gasteiger partial charge in [-0.2, -0.15) is 0 Å². The van der Waals surface area contributed by atoms with Crippen LogP contribution in [0.3, 0.4) is 0 Å². The van der Waals surface area contributed by atoms with Crippen LogP contribution in [0.2, 0.25) is 0 Å². The van der Waals surface area contributed by atoms with Gasteiger partial charge >= 0.3 is 0 Å². The molecule has 1 rings (SSSR count). The summed E-state index contributed by atoms with van der Waals surface area (Å²) in [5.74, 6) is 4.17. The molecular weight excluding hydrogens is 173 g/mol. The fourth-order valence-electron chi connectivity index (χ4n) is 0.762. The predicted octanol–water partition coefficient (Wildman–Crippen LogP) is 1.45. The second kappa shape index (κ2) is 4.21. The summed E-state index contributed by atoms with van der Waals surface area (Å²) in [5, 5.41) is 9.88. The van der Waals surface area contributed by atoms with Crippen LogP contribution in [0.5, 0.6) is 0 Å². The van der Waals surface area contributed by atoms with E-state index in [-0.39, 0.29) is 5.56 Å². The van der Waals surface area contributed by atoms with E-state index >= 15 is 0 Å². The summed E-state index contributed by atoms with van der Waals surface area (Å²) < 4.78 is 12.8. The molecule has 0 N–H and O–H groups in total. The SMILES string of the molecule is O=[N+]([O-])CC#Cc1ccccc1F. The maximum Gasteiger partial charge on any atom is 0.263 e.